The molecule has 2 aromatic carbocycles. The first kappa shape index (κ1) is 17.4. The molecule has 1 N–H and O–H groups in total. The third-order valence-electron chi connectivity index (χ3n) is 3.99. The van der Waals surface area contributed by atoms with E-state index < -0.39 is 9.53 Å². The summed E-state index contributed by atoms with van der Waals surface area (Å²) in [5, 5.41) is 11.2. The van der Waals surface area contributed by atoms with Crippen molar-refractivity contribution in [1.82, 2.24) is 4.90 Å². The SMILES string of the molecule is C[C@H](CN(C)C)[C@H](O)C(I)(c1ccccc1)c1ccccc1. The van der Waals surface area contributed by atoms with Crippen molar-refractivity contribution in [1.29, 1.82) is 0 Å². The Hall–Kier alpha value is -0.910. The zero-order chi connectivity index (χ0) is 16.2. The second-order valence-electron chi connectivity index (χ2n) is 6.13. The van der Waals surface area contributed by atoms with Gasteiger partial charge in [0.2, 0.25) is 0 Å². The van der Waals surface area contributed by atoms with Crippen molar-refractivity contribution in [2.45, 2.75) is 16.4 Å². The summed E-state index contributed by atoms with van der Waals surface area (Å²) >= 11 is 2.43. The Morgan fingerprint density at radius 2 is 1.36 bits per heavy atom. The van der Waals surface area contributed by atoms with Gasteiger partial charge in [-0.25, -0.2) is 0 Å². The van der Waals surface area contributed by atoms with Crippen molar-refractivity contribution in [2.75, 3.05) is 20.6 Å². The monoisotopic (exact) mass is 409 g/mol. The summed E-state index contributed by atoms with van der Waals surface area (Å²) in [6.45, 7) is 2.97. The molecule has 0 radical (unpaired) electrons. The zero-order valence-corrected chi connectivity index (χ0v) is 15.6. The second kappa shape index (κ2) is 7.57. The second-order valence-corrected chi connectivity index (χ2v) is 7.83. The first-order valence-electron chi connectivity index (χ1n) is 7.59. The van der Waals surface area contributed by atoms with E-state index in [1.165, 1.54) is 0 Å². The van der Waals surface area contributed by atoms with E-state index in [-0.39, 0.29) is 5.92 Å². The molecular weight excluding hydrogens is 385 g/mol. The molecule has 2 aromatic rings. The highest BCUT2D eigenvalue weighted by molar-refractivity contribution is 14.1. The van der Waals surface area contributed by atoms with E-state index in [0.29, 0.717) is 0 Å². The topological polar surface area (TPSA) is 23.5 Å². The Labute approximate surface area is 147 Å². The standard InChI is InChI=1S/C19H24INO/c1-15(14-21(2)3)18(22)19(20,16-10-6-4-7-11-16)17-12-8-5-9-13-17/h4-13,15,18,22H,14H2,1-3H3/t15-,18+/m1/s1. The maximum atomic E-state index is 11.2. The van der Waals surface area contributed by atoms with Gasteiger partial charge in [0.15, 0.2) is 0 Å². The fourth-order valence-electron chi connectivity index (χ4n) is 2.94. The summed E-state index contributed by atoms with van der Waals surface area (Å²) in [5.74, 6) is 0.160. The number of aliphatic hydroxyl groups is 1. The van der Waals surface area contributed by atoms with Gasteiger partial charge in [-0.2, -0.15) is 0 Å². The molecular formula is C19H24INO. The van der Waals surface area contributed by atoms with Crippen LogP contribution in [0.3, 0.4) is 0 Å². The first-order valence-corrected chi connectivity index (χ1v) is 8.67. The predicted octanol–water partition coefficient (Wildman–Crippen LogP) is 3.92. The van der Waals surface area contributed by atoms with Crippen LogP contribution in [0.1, 0.15) is 18.1 Å². The van der Waals surface area contributed by atoms with Crippen LogP contribution in [0.4, 0.5) is 0 Å². The number of benzene rings is 2. The van der Waals surface area contributed by atoms with Crippen LogP contribution in [0.5, 0.6) is 0 Å². The highest BCUT2D eigenvalue weighted by atomic mass is 127. The molecule has 22 heavy (non-hydrogen) atoms. The number of nitrogens with zero attached hydrogens (tertiary/aromatic N) is 1. The van der Waals surface area contributed by atoms with Crippen LogP contribution in [-0.2, 0) is 3.42 Å². The smallest absolute Gasteiger partial charge is 0.0980 e. The summed E-state index contributed by atoms with van der Waals surface area (Å²) in [6, 6.07) is 20.6. The molecule has 2 rings (SSSR count). The molecule has 0 aliphatic carbocycles. The fraction of sp³-hybridized carbons (Fsp3) is 0.368. The molecule has 0 aliphatic heterocycles. The van der Waals surface area contributed by atoms with Gasteiger partial charge in [-0.05, 0) is 31.1 Å². The van der Waals surface area contributed by atoms with Gasteiger partial charge in [0, 0.05) is 6.54 Å². The number of halogens is 1. The first-order chi connectivity index (χ1) is 10.5. The molecule has 3 heteroatoms. The van der Waals surface area contributed by atoms with E-state index in [9.17, 15) is 5.11 Å². The van der Waals surface area contributed by atoms with Crippen molar-refractivity contribution < 1.29 is 5.11 Å². The number of hydrogen-bond donors (Lipinski definition) is 1. The highest BCUT2D eigenvalue weighted by Gasteiger charge is 2.41. The third kappa shape index (κ3) is 3.70. The Balaban J connectivity index is 2.47. The lowest BCUT2D eigenvalue weighted by Crippen LogP contribution is -2.42. The van der Waals surface area contributed by atoms with Crippen LogP contribution < -0.4 is 0 Å². The molecule has 118 valence electrons. The van der Waals surface area contributed by atoms with Crippen LogP contribution in [0.25, 0.3) is 0 Å². The average Bonchev–Trinajstić information content (AvgIpc) is 2.54. The lowest BCUT2D eigenvalue weighted by atomic mass is 9.81. The van der Waals surface area contributed by atoms with Gasteiger partial charge in [0.25, 0.3) is 0 Å². The van der Waals surface area contributed by atoms with Gasteiger partial charge in [-0.3, -0.25) is 0 Å². The summed E-state index contributed by atoms with van der Waals surface area (Å²) in [5.41, 5.74) is 2.28. The average molecular weight is 409 g/mol. The van der Waals surface area contributed by atoms with Gasteiger partial charge in [-0.1, -0.05) is 90.2 Å². The van der Waals surface area contributed by atoms with Gasteiger partial charge >= 0.3 is 0 Å². The minimum atomic E-state index is -0.472. The summed E-state index contributed by atoms with van der Waals surface area (Å²) < 4.78 is -0.449. The molecule has 0 heterocycles. The number of alkyl halides is 1. The van der Waals surface area contributed by atoms with Crippen molar-refractivity contribution in [3.05, 3.63) is 71.8 Å². The number of aliphatic hydroxyl groups excluding tert-OH is 1. The van der Waals surface area contributed by atoms with Gasteiger partial charge in [0.1, 0.15) is 0 Å². The third-order valence-corrected chi connectivity index (χ3v) is 5.87. The van der Waals surface area contributed by atoms with E-state index in [1.807, 2.05) is 50.5 Å². The molecule has 0 saturated heterocycles. The Bertz CT molecular complexity index is 531. The molecule has 0 bridgehead atoms. The zero-order valence-electron chi connectivity index (χ0n) is 13.4. The largest absolute Gasteiger partial charge is 0.391 e. The van der Waals surface area contributed by atoms with Crippen LogP contribution >= 0.6 is 22.6 Å². The number of hydrogen-bond acceptors (Lipinski definition) is 2. The van der Waals surface area contributed by atoms with E-state index in [0.717, 1.165) is 17.7 Å². The predicted molar refractivity (Wildman–Crippen MR) is 101 cm³/mol. The highest BCUT2D eigenvalue weighted by Crippen LogP contribution is 2.44. The fourth-order valence-corrected chi connectivity index (χ4v) is 4.27. The van der Waals surface area contributed by atoms with Crippen molar-refractivity contribution in [3.8, 4) is 0 Å². The van der Waals surface area contributed by atoms with Crippen LogP contribution in [0.2, 0.25) is 0 Å². The van der Waals surface area contributed by atoms with Crippen molar-refractivity contribution in [2.24, 2.45) is 5.92 Å². The Kier molecular flexibility index (Phi) is 6.01. The van der Waals surface area contributed by atoms with Gasteiger partial charge in [0.05, 0.1) is 9.53 Å². The van der Waals surface area contributed by atoms with E-state index in [1.54, 1.807) is 0 Å². The van der Waals surface area contributed by atoms with Crippen molar-refractivity contribution >= 4 is 22.6 Å². The minimum absolute atomic E-state index is 0.160. The molecule has 0 aliphatic rings. The molecule has 0 saturated carbocycles. The quantitative estimate of drug-likeness (QED) is 0.578. The van der Waals surface area contributed by atoms with Gasteiger partial charge < -0.3 is 10.0 Å². The van der Waals surface area contributed by atoms with Gasteiger partial charge in [-0.15, -0.1) is 0 Å². The summed E-state index contributed by atoms with van der Waals surface area (Å²) in [7, 11) is 4.09. The van der Waals surface area contributed by atoms with Crippen LogP contribution in [-0.4, -0.2) is 36.8 Å². The molecule has 0 fully saturated rings. The normalized spacial score (nSPS) is 14.8. The molecule has 2 atom stereocenters. The molecule has 0 amide bonds. The number of rotatable bonds is 6. The minimum Gasteiger partial charge on any atom is -0.391 e. The molecule has 0 unspecified atom stereocenters. The lowest BCUT2D eigenvalue weighted by molar-refractivity contribution is 0.0795. The Morgan fingerprint density at radius 3 is 1.73 bits per heavy atom. The maximum Gasteiger partial charge on any atom is 0.0980 e. The maximum absolute atomic E-state index is 11.2. The van der Waals surface area contributed by atoms with Crippen LogP contribution in [0.15, 0.2) is 60.7 Å². The summed E-state index contributed by atoms with van der Waals surface area (Å²) in [4.78, 5) is 2.13. The van der Waals surface area contributed by atoms with E-state index in [4.69, 9.17) is 0 Å². The van der Waals surface area contributed by atoms with E-state index >= 15 is 0 Å². The van der Waals surface area contributed by atoms with E-state index in [2.05, 4.69) is 58.7 Å². The molecule has 0 aromatic heterocycles. The summed E-state index contributed by atoms with van der Waals surface area (Å²) in [6.07, 6.45) is -0.472. The molecule has 2 nitrogen and oxygen atoms in total. The van der Waals surface area contributed by atoms with Crippen LogP contribution in [0, 0.1) is 5.92 Å². The Morgan fingerprint density at radius 1 is 0.955 bits per heavy atom. The van der Waals surface area contributed by atoms with Crippen molar-refractivity contribution in [3.63, 3.8) is 0 Å². The lowest BCUT2D eigenvalue weighted by Gasteiger charge is -2.38. The molecule has 0 spiro atoms.